The molecule has 0 unspecified atom stereocenters. The molecule has 2 atom stereocenters. The molecule has 184 valence electrons. The van der Waals surface area contributed by atoms with Gasteiger partial charge in [-0.3, -0.25) is 19.4 Å². The highest BCUT2D eigenvalue weighted by atomic mass is 19.3. The van der Waals surface area contributed by atoms with E-state index in [4.69, 9.17) is 9.90 Å². The number of aromatic nitrogens is 1. The summed E-state index contributed by atoms with van der Waals surface area (Å²) >= 11 is 0. The summed E-state index contributed by atoms with van der Waals surface area (Å²) in [5.41, 5.74) is 4.41. The van der Waals surface area contributed by atoms with Crippen LogP contribution in [0.4, 0.5) is 8.78 Å². The first kappa shape index (κ1) is 24.5. The summed E-state index contributed by atoms with van der Waals surface area (Å²) in [7, 11) is 0. The molecule has 5 rings (SSSR count). The zero-order chi connectivity index (χ0) is 24.3. The minimum atomic E-state index is -2.64. The number of hydrogen-bond acceptors (Lipinski definition) is 4. The number of halogens is 2. The first-order chi connectivity index (χ1) is 16.3. The van der Waals surface area contributed by atoms with Crippen LogP contribution in [0.2, 0.25) is 0 Å². The lowest BCUT2D eigenvalue weighted by Crippen LogP contribution is -2.48. The van der Waals surface area contributed by atoms with Gasteiger partial charge in [-0.1, -0.05) is 35.9 Å². The van der Waals surface area contributed by atoms with Crippen molar-refractivity contribution in [2.24, 2.45) is 5.92 Å². The van der Waals surface area contributed by atoms with E-state index in [-0.39, 0.29) is 25.0 Å². The number of alkyl halides is 2. The van der Waals surface area contributed by atoms with Crippen molar-refractivity contribution in [3.05, 3.63) is 69.1 Å². The molecule has 0 saturated carbocycles. The zero-order valence-electron chi connectivity index (χ0n) is 19.6. The molecule has 8 heteroatoms. The average Bonchev–Trinajstić information content (AvgIpc) is 2.76. The lowest BCUT2D eigenvalue weighted by atomic mass is 9.82. The third kappa shape index (κ3) is 5.73. The molecule has 2 aromatic rings. The molecular formula is C26H33F2N3O3. The van der Waals surface area contributed by atoms with Crippen molar-refractivity contribution in [2.75, 3.05) is 26.2 Å². The van der Waals surface area contributed by atoms with Crippen molar-refractivity contribution in [3.8, 4) is 0 Å². The van der Waals surface area contributed by atoms with Gasteiger partial charge < -0.3 is 9.67 Å². The topological polar surface area (TPSA) is 65.8 Å². The Labute approximate surface area is 198 Å². The number of benzene rings is 1. The monoisotopic (exact) mass is 473 g/mol. The molecule has 1 N–H and O–H groups in total. The van der Waals surface area contributed by atoms with Crippen LogP contribution in [-0.2, 0) is 24.4 Å². The van der Waals surface area contributed by atoms with Gasteiger partial charge in [0.25, 0.3) is 18.0 Å². The lowest BCUT2D eigenvalue weighted by Gasteiger charge is -2.43. The Bertz CT molecular complexity index is 1070. The van der Waals surface area contributed by atoms with Crippen LogP contribution in [0.25, 0.3) is 0 Å². The first-order valence-corrected chi connectivity index (χ1v) is 12.0. The Morgan fingerprint density at radius 2 is 1.91 bits per heavy atom. The maximum atomic E-state index is 13.8. The Balaban J connectivity index is 0.000000868. The van der Waals surface area contributed by atoms with Crippen LogP contribution < -0.4 is 5.56 Å². The maximum Gasteiger partial charge on any atom is 0.290 e. The van der Waals surface area contributed by atoms with E-state index >= 15 is 0 Å². The predicted molar refractivity (Wildman–Crippen MR) is 126 cm³/mol. The highest BCUT2D eigenvalue weighted by Crippen LogP contribution is 2.36. The molecule has 2 fully saturated rings. The SMILES string of the molecule is Cc1cccc(CN2C[C@@H]3C[C@H](C2)c2ccc(CN4CCCC(F)(F)C4)c(=O)n2C3)c1.O=CO. The maximum absolute atomic E-state index is 13.8. The minimum Gasteiger partial charge on any atom is -0.483 e. The van der Waals surface area contributed by atoms with Gasteiger partial charge in [0.05, 0.1) is 6.54 Å². The molecule has 2 bridgehead atoms. The molecule has 1 aromatic carbocycles. The number of pyridine rings is 1. The molecule has 0 spiro atoms. The third-order valence-electron chi connectivity index (χ3n) is 7.11. The van der Waals surface area contributed by atoms with E-state index in [0.29, 0.717) is 36.9 Å². The normalized spacial score (nSPS) is 24.0. The van der Waals surface area contributed by atoms with Gasteiger partial charge in [0, 0.05) is 56.3 Å². The van der Waals surface area contributed by atoms with Crippen LogP contribution in [-0.4, -0.2) is 58.0 Å². The van der Waals surface area contributed by atoms with Crippen molar-refractivity contribution in [3.63, 3.8) is 0 Å². The summed E-state index contributed by atoms with van der Waals surface area (Å²) in [4.78, 5) is 25.8. The number of piperidine rings is 2. The Hall–Kier alpha value is -2.58. The fourth-order valence-corrected chi connectivity index (χ4v) is 5.83. The standard InChI is InChI=1S/C25H31F2N3O.CH2O2/c1-18-4-2-5-19(10-18)12-29-13-20-11-22(16-29)23-7-6-21(24(31)30(23)14-20)15-28-9-3-8-25(26,27)17-28;2-1-3/h2,4-7,10,20,22H,3,8-9,11-17H2,1H3;1H,(H,2,3)/t20-,22+;/m0./s1. The van der Waals surface area contributed by atoms with E-state index in [9.17, 15) is 13.6 Å². The van der Waals surface area contributed by atoms with E-state index < -0.39 is 5.92 Å². The van der Waals surface area contributed by atoms with Crippen molar-refractivity contribution in [1.82, 2.24) is 14.4 Å². The molecule has 0 aliphatic carbocycles. The van der Waals surface area contributed by atoms with Crippen LogP contribution >= 0.6 is 0 Å². The van der Waals surface area contributed by atoms with E-state index in [2.05, 4.69) is 42.2 Å². The largest absolute Gasteiger partial charge is 0.483 e. The van der Waals surface area contributed by atoms with Gasteiger partial charge in [0.15, 0.2) is 0 Å². The van der Waals surface area contributed by atoms with Crippen LogP contribution in [0.1, 0.15) is 47.6 Å². The van der Waals surface area contributed by atoms with E-state index in [1.807, 2.05) is 10.6 Å². The minimum absolute atomic E-state index is 0.0215. The van der Waals surface area contributed by atoms with Gasteiger partial charge in [-0.2, -0.15) is 0 Å². The van der Waals surface area contributed by atoms with Crippen molar-refractivity contribution in [1.29, 1.82) is 0 Å². The van der Waals surface area contributed by atoms with Gasteiger partial charge in [-0.25, -0.2) is 8.78 Å². The average molecular weight is 474 g/mol. The number of likely N-dealkylation sites (tertiary alicyclic amines) is 2. The third-order valence-corrected chi connectivity index (χ3v) is 7.11. The first-order valence-electron chi connectivity index (χ1n) is 12.0. The van der Waals surface area contributed by atoms with Crippen molar-refractivity contribution >= 4 is 6.47 Å². The molecule has 34 heavy (non-hydrogen) atoms. The number of nitrogens with zero attached hydrogens (tertiary/aromatic N) is 3. The molecule has 2 saturated heterocycles. The smallest absolute Gasteiger partial charge is 0.290 e. The second-order valence-corrected chi connectivity index (χ2v) is 9.96. The molecule has 4 heterocycles. The fraction of sp³-hybridized carbons (Fsp3) is 0.538. The fourth-order valence-electron chi connectivity index (χ4n) is 5.83. The molecule has 6 nitrogen and oxygen atoms in total. The summed E-state index contributed by atoms with van der Waals surface area (Å²) in [6, 6.07) is 12.6. The summed E-state index contributed by atoms with van der Waals surface area (Å²) in [6.45, 7) is 6.23. The number of fused-ring (bicyclic) bond motifs is 4. The van der Waals surface area contributed by atoms with Gasteiger partial charge in [0.2, 0.25) is 0 Å². The van der Waals surface area contributed by atoms with E-state index in [1.54, 1.807) is 4.90 Å². The summed E-state index contributed by atoms with van der Waals surface area (Å²) in [6.07, 6.45) is 1.57. The summed E-state index contributed by atoms with van der Waals surface area (Å²) < 4.78 is 29.5. The second-order valence-electron chi connectivity index (χ2n) is 9.96. The Kier molecular flexibility index (Phi) is 7.48. The lowest BCUT2D eigenvalue weighted by molar-refractivity contribution is -0.122. The predicted octanol–water partition coefficient (Wildman–Crippen LogP) is 3.71. The molecule has 0 radical (unpaired) electrons. The highest BCUT2D eigenvalue weighted by Gasteiger charge is 2.37. The molecule has 3 aliphatic heterocycles. The molecule has 1 aromatic heterocycles. The quantitative estimate of drug-likeness (QED) is 0.686. The Morgan fingerprint density at radius 3 is 2.65 bits per heavy atom. The molecule has 3 aliphatic rings. The van der Waals surface area contributed by atoms with Crippen LogP contribution in [0.5, 0.6) is 0 Å². The van der Waals surface area contributed by atoms with Gasteiger partial charge in [-0.05, 0) is 43.9 Å². The van der Waals surface area contributed by atoms with Crippen molar-refractivity contribution < 1.29 is 18.7 Å². The highest BCUT2D eigenvalue weighted by molar-refractivity contribution is 5.32. The van der Waals surface area contributed by atoms with Crippen LogP contribution in [0, 0.1) is 12.8 Å². The second kappa shape index (κ2) is 10.4. The number of carboxylic acid groups (broad SMARTS) is 1. The number of rotatable bonds is 4. The van der Waals surface area contributed by atoms with Gasteiger partial charge >= 0.3 is 0 Å². The van der Waals surface area contributed by atoms with E-state index in [0.717, 1.165) is 38.3 Å². The Morgan fingerprint density at radius 1 is 1.12 bits per heavy atom. The van der Waals surface area contributed by atoms with Crippen LogP contribution in [0.3, 0.4) is 0 Å². The zero-order valence-corrected chi connectivity index (χ0v) is 19.6. The number of hydrogen-bond donors (Lipinski definition) is 1. The molecular weight excluding hydrogens is 440 g/mol. The molecule has 0 amide bonds. The summed E-state index contributed by atoms with van der Waals surface area (Å²) in [5.74, 6) is -1.82. The number of aryl methyl sites for hydroxylation is 1. The van der Waals surface area contributed by atoms with Crippen molar-refractivity contribution in [2.45, 2.75) is 57.7 Å². The van der Waals surface area contributed by atoms with E-state index in [1.165, 1.54) is 11.1 Å². The number of carbonyl (C=O) groups is 1. The van der Waals surface area contributed by atoms with Gasteiger partial charge in [0.1, 0.15) is 0 Å². The van der Waals surface area contributed by atoms with Gasteiger partial charge in [-0.15, -0.1) is 0 Å². The van der Waals surface area contributed by atoms with Crippen LogP contribution in [0.15, 0.2) is 41.2 Å². The summed E-state index contributed by atoms with van der Waals surface area (Å²) in [5, 5.41) is 6.89.